The van der Waals surface area contributed by atoms with Crippen LogP contribution in [0.5, 0.6) is 0 Å². The van der Waals surface area contributed by atoms with E-state index in [2.05, 4.69) is 15.9 Å². The summed E-state index contributed by atoms with van der Waals surface area (Å²) >= 11 is 2.73. The molecule has 0 spiro atoms. The molecule has 1 unspecified atom stereocenters. The van der Waals surface area contributed by atoms with Gasteiger partial charge in [0, 0.05) is 0 Å². The summed E-state index contributed by atoms with van der Waals surface area (Å²) in [6.45, 7) is 0. The molecule has 0 fully saturated rings. The third kappa shape index (κ3) is 2.04. The molecule has 2 nitrogen and oxygen atoms in total. The van der Waals surface area contributed by atoms with Crippen LogP contribution in [-0.4, -0.2) is 11.1 Å². The van der Waals surface area contributed by atoms with Crippen molar-refractivity contribution in [1.82, 2.24) is 0 Å². The van der Waals surface area contributed by atoms with Gasteiger partial charge in [-0.15, -0.1) is 0 Å². The van der Waals surface area contributed by atoms with E-state index in [9.17, 15) is 9.18 Å². The summed E-state index contributed by atoms with van der Waals surface area (Å²) in [4.78, 5) is 10.4. The molecule has 0 amide bonds. The molecule has 0 heterocycles. The Balaban J connectivity index is 2.93. The van der Waals surface area contributed by atoms with Crippen LogP contribution in [0, 0.1) is 0 Å². The van der Waals surface area contributed by atoms with Crippen LogP contribution in [0.3, 0.4) is 0 Å². The molecule has 12 heavy (non-hydrogen) atoms. The number of aromatic carboxylic acids is 1. The van der Waals surface area contributed by atoms with Crippen molar-refractivity contribution in [2.75, 3.05) is 0 Å². The van der Waals surface area contributed by atoms with E-state index < -0.39 is 11.1 Å². The van der Waals surface area contributed by atoms with E-state index >= 15 is 0 Å². The molecule has 0 aliphatic rings. The molecule has 0 saturated heterocycles. The quantitative estimate of drug-likeness (QED) is 0.797. The second kappa shape index (κ2) is 3.67. The molecule has 64 valence electrons. The number of benzene rings is 1. The predicted molar refractivity (Wildman–Crippen MR) is 46.2 cm³/mol. The highest BCUT2D eigenvalue weighted by molar-refractivity contribution is 9.09. The van der Waals surface area contributed by atoms with Crippen LogP contribution in [0.25, 0.3) is 0 Å². The van der Waals surface area contributed by atoms with Crippen molar-refractivity contribution < 1.29 is 14.3 Å². The minimum absolute atomic E-state index is 0.159. The number of alkyl halides is 2. The van der Waals surface area contributed by atoms with E-state index in [0.717, 1.165) is 0 Å². The van der Waals surface area contributed by atoms with Gasteiger partial charge < -0.3 is 5.11 Å². The molecule has 0 radical (unpaired) electrons. The lowest BCUT2D eigenvalue weighted by Crippen LogP contribution is -1.95. The number of carboxylic acids is 1. The van der Waals surface area contributed by atoms with E-state index in [1.54, 1.807) is 0 Å². The Bertz CT molecular complexity index is 282. The number of hydrogen-bond acceptors (Lipinski definition) is 1. The van der Waals surface area contributed by atoms with Crippen LogP contribution >= 0.6 is 15.9 Å². The highest BCUT2D eigenvalue weighted by atomic mass is 79.9. The Morgan fingerprint density at radius 3 is 2.25 bits per heavy atom. The highest BCUT2D eigenvalue weighted by Crippen LogP contribution is 2.23. The van der Waals surface area contributed by atoms with E-state index in [0.29, 0.717) is 5.56 Å². The largest absolute Gasteiger partial charge is 0.478 e. The van der Waals surface area contributed by atoms with Crippen molar-refractivity contribution in [3.63, 3.8) is 0 Å². The summed E-state index contributed by atoms with van der Waals surface area (Å²) in [5.41, 5.74) is 0.576. The predicted octanol–water partition coefficient (Wildman–Crippen LogP) is 2.75. The van der Waals surface area contributed by atoms with Gasteiger partial charge in [-0.05, 0) is 33.6 Å². The lowest BCUT2D eigenvalue weighted by Gasteiger charge is -1.99. The van der Waals surface area contributed by atoms with E-state index in [1.165, 1.54) is 24.3 Å². The van der Waals surface area contributed by atoms with Crippen molar-refractivity contribution in [1.29, 1.82) is 0 Å². The smallest absolute Gasteiger partial charge is 0.335 e. The third-order valence-electron chi connectivity index (χ3n) is 1.41. The van der Waals surface area contributed by atoms with E-state index in [1.807, 2.05) is 0 Å². The van der Waals surface area contributed by atoms with Crippen molar-refractivity contribution >= 4 is 21.9 Å². The van der Waals surface area contributed by atoms with Crippen molar-refractivity contribution in [3.05, 3.63) is 35.4 Å². The Labute approximate surface area is 77.2 Å². The number of carbonyl (C=O) groups is 1. The van der Waals surface area contributed by atoms with Crippen LogP contribution in [0.2, 0.25) is 0 Å². The fourth-order valence-corrected chi connectivity index (χ4v) is 1.08. The number of halogens is 2. The fraction of sp³-hybridized carbons (Fsp3) is 0.125. The summed E-state index contributed by atoms with van der Waals surface area (Å²) < 4.78 is 12.5. The highest BCUT2D eigenvalue weighted by Gasteiger charge is 2.06. The molecule has 1 aromatic rings. The second-order valence-electron chi connectivity index (χ2n) is 2.23. The first-order chi connectivity index (χ1) is 5.61. The van der Waals surface area contributed by atoms with Crippen molar-refractivity contribution in [2.24, 2.45) is 0 Å². The average molecular weight is 233 g/mol. The summed E-state index contributed by atoms with van der Waals surface area (Å²) in [5, 5.41) is 7.27. The molecule has 0 aromatic heterocycles. The minimum atomic E-state index is -1.24. The Kier molecular flexibility index (Phi) is 2.81. The number of carboxylic acid groups (broad SMARTS) is 1. The molecular formula is C8H6BrFO2. The fourth-order valence-electron chi connectivity index (χ4n) is 0.771. The van der Waals surface area contributed by atoms with Gasteiger partial charge in [-0.1, -0.05) is 12.1 Å². The van der Waals surface area contributed by atoms with E-state index in [-0.39, 0.29) is 5.56 Å². The molecule has 0 aliphatic carbocycles. The monoisotopic (exact) mass is 232 g/mol. The standard InChI is InChI=1S/C8H6BrFO2/c9-7(10)5-1-3-6(4-2-5)8(11)12/h1-4,7H,(H,11,12). The lowest BCUT2D eigenvalue weighted by molar-refractivity contribution is 0.0697. The van der Waals surface area contributed by atoms with Gasteiger partial charge in [0.2, 0.25) is 0 Å². The summed E-state index contributed by atoms with van der Waals surface area (Å²) in [6, 6.07) is 5.60. The number of hydrogen-bond donors (Lipinski definition) is 1. The normalized spacial score (nSPS) is 12.5. The molecular weight excluding hydrogens is 227 g/mol. The molecule has 1 atom stereocenters. The van der Waals surface area contributed by atoms with Gasteiger partial charge in [-0.25, -0.2) is 9.18 Å². The third-order valence-corrected chi connectivity index (χ3v) is 1.94. The average Bonchev–Trinajstić information content (AvgIpc) is 2.04. The van der Waals surface area contributed by atoms with Gasteiger partial charge in [0.1, 0.15) is 0 Å². The Morgan fingerprint density at radius 1 is 1.42 bits per heavy atom. The molecule has 1 N–H and O–H groups in total. The number of rotatable bonds is 2. The Hall–Kier alpha value is -0.900. The maximum atomic E-state index is 12.5. The zero-order chi connectivity index (χ0) is 9.14. The zero-order valence-electron chi connectivity index (χ0n) is 6.00. The van der Waals surface area contributed by atoms with Gasteiger partial charge in [0.05, 0.1) is 5.56 Å². The van der Waals surface area contributed by atoms with Crippen LogP contribution in [0.15, 0.2) is 24.3 Å². The van der Waals surface area contributed by atoms with Crippen LogP contribution < -0.4 is 0 Å². The van der Waals surface area contributed by atoms with Gasteiger partial charge in [0.15, 0.2) is 5.08 Å². The topological polar surface area (TPSA) is 37.3 Å². The Morgan fingerprint density at radius 2 is 1.92 bits per heavy atom. The van der Waals surface area contributed by atoms with Crippen molar-refractivity contribution in [2.45, 2.75) is 5.08 Å². The molecule has 1 rings (SSSR count). The van der Waals surface area contributed by atoms with Crippen LogP contribution in [0.1, 0.15) is 21.0 Å². The minimum Gasteiger partial charge on any atom is -0.478 e. The van der Waals surface area contributed by atoms with Crippen molar-refractivity contribution in [3.8, 4) is 0 Å². The molecule has 4 heteroatoms. The maximum absolute atomic E-state index is 12.5. The molecule has 1 aromatic carbocycles. The van der Waals surface area contributed by atoms with Gasteiger partial charge in [-0.2, -0.15) is 0 Å². The zero-order valence-corrected chi connectivity index (χ0v) is 7.58. The first kappa shape index (κ1) is 9.19. The summed E-state index contributed by atoms with van der Waals surface area (Å²) in [7, 11) is 0. The lowest BCUT2D eigenvalue weighted by atomic mass is 10.1. The summed E-state index contributed by atoms with van der Waals surface area (Å²) in [5.74, 6) is -1.01. The van der Waals surface area contributed by atoms with Crippen LogP contribution in [0.4, 0.5) is 4.39 Å². The SMILES string of the molecule is O=C(O)c1ccc(C(F)Br)cc1. The van der Waals surface area contributed by atoms with Gasteiger partial charge >= 0.3 is 5.97 Å². The molecule has 0 saturated carbocycles. The van der Waals surface area contributed by atoms with Gasteiger partial charge in [-0.3, -0.25) is 0 Å². The molecule has 0 aliphatic heterocycles. The maximum Gasteiger partial charge on any atom is 0.335 e. The first-order valence-corrected chi connectivity index (χ1v) is 4.14. The first-order valence-electron chi connectivity index (χ1n) is 3.22. The van der Waals surface area contributed by atoms with Crippen LogP contribution in [-0.2, 0) is 0 Å². The summed E-state index contributed by atoms with van der Waals surface area (Å²) in [6.07, 6.45) is 0. The molecule has 0 bridgehead atoms. The van der Waals surface area contributed by atoms with E-state index in [4.69, 9.17) is 5.11 Å². The second-order valence-corrected chi connectivity index (χ2v) is 3.03. The van der Waals surface area contributed by atoms with Gasteiger partial charge in [0.25, 0.3) is 0 Å².